The van der Waals surface area contributed by atoms with E-state index in [-0.39, 0.29) is 62.3 Å². The predicted molar refractivity (Wildman–Crippen MR) is 187 cm³/mol. The van der Waals surface area contributed by atoms with Crippen LogP contribution in [-0.4, -0.2) is 48.6 Å². The Morgan fingerprint density at radius 2 is 0.917 bits per heavy atom. The first-order valence-electron chi connectivity index (χ1n) is 15.8. The number of rotatable bonds is 14. The lowest BCUT2D eigenvalue weighted by atomic mass is 9.88. The molecule has 0 spiro atoms. The van der Waals surface area contributed by atoms with Crippen molar-refractivity contribution in [1.82, 2.24) is 0 Å². The Kier molecular flexibility index (Phi) is 13.9. The van der Waals surface area contributed by atoms with Crippen LogP contribution >= 0.6 is 38.4 Å². The van der Waals surface area contributed by atoms with E-state index in [1.165, 1.54) is 0 Å². The van der Waals surface area contributed by atoms with Crippen molar-refractivity contribution < 1.29 is 47.0 Å². The van der Waals surface area contributed by atoms with Crippen LogP contribution in [0.1, 0.15) is 65.5 Å². The normalized spacial score (nSPS) is 24.0. The quantitative estimate of drug-likeness (QED) is 0.179. The van der Waals surface area contributed by atoms with E-state index in [1.54, 1.807) is 88.4 Å². The summed E-state index contributed by atoms with van der Waals surface area (Å²) in [5, 5.41) is 17.8. The van der Waals surface area contributed by atoms with Crippen molar-refractivity contribution in [1.29, 1.82) is 0 Å². The molecule has 14 heteroatoms. The van der Waals surface area contributed by atoms with E-state index in [4.69, 9.17) is 41.3 Å². The number of carbonyl (C=O) groups is 2. The predicted octanol–water partition coefficient (Wildman–Crippen LogP) is 9.70. The fraction of sp³-hybridized carbons (Fsp3) is 0.471. The van der Waals surface area contributed by atoms with Crippen LogP contribution in [0.15, 0.2) is 71.8 Å². The Balaban J connectivity index is 0.000000260. The SMILES string of the molecule is CCOP(=O)(OCC)[C@@]1(c2ccc(Cl)cc2)CC(C(=O)O)=C[C@@H]1C.CCOP(=O)(OCC)[C@@]1(c2ccc(Cl)cc2)CC(C(=O)O)=C[C@@H]1C. The van der Waals surface area contributed by atoms with Gasteiger partial charge in [0.05, 0.1) is 26.4 Å². The molecule has 0 radical (unpaired) electrons. The van der Waals surface area contributed by atoms with Gasteiger partial charge in [0.25, 0.3) is 0 Å². The zero-order chi connectivity index (χ0) is 35.9. The lowest BCUT2D eigenvalue weighted by molar-refractivity contribution is -0.133. The number of halogens is 2. The molecule has 48 heavy (non-hydrogen) atoms. The van der Waals surface area contributed by atoms with Crippen LogP contribution in [-0.2, 0) is 47.1 Å². The van der Waals surface area contributed by atoms with Crippen LogP contribution in [0.3, 0.4) is 0 Å². The standard InChI is InChI=1S/2C17H22ClO5P/c2*1-4-22-24(21,23-5-2)17(14-6-8-15(18)9-7-14)11-13(16(19)20)10-12(17)3/h2*6-10,12H,4-5,11H2,1-3H3,(H,19,20)/t2*12-,17-/m00/s1. The molecule has 264 valence electrons. The van der Waals surface area contributed by atoms with E-state index in [9.17, 15) is 28.9 Å². The van der Waals surface area contributed by atoms with Gasteiger partial charge in [-0.2, -0.15) is 0 Å². The minimum atomic E-state index is -3.63. The fourth-order valence-electron chi connectivity index (χ4n) is 6.62. The molecule has 4 atom stereocenters. The van der Waals surface area contributed by atoms with E-state index in [1.807, 2.05) is 13.8 Å². The Bertz CT molecular complexity index is 1470. The molecule has 4 rings (SSSR count). The molecular formula is C34H44Cl2O10P2. The maximum absolute atomic E-state index is 13.7. The van der Waals surface area contributed by atoms with Crippen molar-refractivity contribution in [3.8, 4) is 0 Å². The number of carboxylic acids is 2. The summed E-state index contributed by atoms with van der Waals surface area (Å²) in [6, 6.07) is 13.9. The van der Waals surface area contributed by atoms with Crippen LogP contribution in [0.5, 0.6) is 0 Å². The van der Waals surface area contributed by atoms with Gasteiger partial charge in [-0.1, -0.05) is 73.5 Å². The zero-order valence-corrected chi connectivity index (χ0v) is 31.3. The van der Waals surface area contributed by atoms with Gasteiger partial charge in [-0.25, -0.2) is 9.59 Å². The van der Waals surface area contributed by atoms with Crippen molar-refractivity contribution >= 4 is 50.3 Å². The molecule has 0 aromatic heterocycles. The van der Waals surface area contributed by atoms with Crippen LogP contribution in [0.25, 0.3) is 0 Å². The van der Waals surface area contributed by atoms with Gasteiger partial charge in [0.2, 0.25) is 0 Å². The number of hydrogen-bond acceptors (Lipinski definition) is 8. The first-order chi connectivity index (χ1) is 22.6. The summed E-state index contributed by atoms with van der Waals surface area (Å²) in [6.45, 7) is 11.5. The van der Waals surface area contributed by atoms with Crippen LogP contribution in [0.2, 0.25) is 10.0 Å². The second-order valence-corrected chi connectivity index (χ2v) is 16.9. The highest BCUT2D eigenvalue weighted by Gasteiger charge is 2.60. The van der Waals surface area contributed by atoms with Gasteiger partial charge in [0.1, 0.15) is 10.3 Å². The average Bonchev–Trinajstić information content (AvgIpc) is 3.58. The summed E-state index contributed by atoms with van der Waals surface area (Å²) >= 11 is 12.0. The van der Waals surface area contributed by atoms with Crippen molar-refractivity contribution in [3.63, 3.8) is 0 Å². The maximum Gasteiger partial charge on any atom is 0.342 e. The van der Waals surface area contributed by atoms with Gasteiger partial charge < -0.3 is 28.3 Å². The molecule has 2 aliphatic carbocycles. The van der Waals surface area contributed by atoms with E-state index >= 15 is 0 Å². The lowest BCUT2D eigenvalue weighted by Gasteiger charge is -2.39. The average molecular weight is 746 g/mol. The highest BCUT2D eigenvalue weighted by atomic mass is 35.5. The molecule has 2 aromatic rings. The van der Waals surface area contributed by atoms with Gasteiger partial charge in [-0.05, 0) is 74.9 Å². The summed E-state index contributed by atoms with van der Waals surface area (Å²) in [5.41, 5.74) is 1.85. The minimum absolute atomic E-state index is 0.0857. The number of hydrogen-bond donors (Lipinski definition) is 2. The minimum Gasteiger partial charge on any atom is -0.478 e. The van der Waals surface area contributed by atoms with Crippen LogP contribution < -0.4 is 0 Å². The van der Waals surface area contributed by atoms with Gasteiger partial charge in [-0.15, -0.1) is 0 Å². The highest BCUT2D eigenvalue weighted by Crippen LogP contribution is 2.73. The molecule has 2 aromatic carbocycles. The second-order valence-electron chi connectivity index (χ2n) is 11.5. The van der Waals surface area contributed by atoms with Crippen molar-refractivity contribution in [2.75, 3.05) is 26.4 Å². The third-order valence-corrected chi connectivity index (χ3v) is 15.2. The molecule has 0 bridgehead atoms. The smallest absolute Gasteiger partial charge is 0.342 e. The zero-order valence-electron chi connectivity index (χ0n) is 28.0. The van der Waals surface area contributed by atoms with E-state index < -0.39 is 37.4 Å². The van der Waals surface area contributed by atoms with Gasteiger partial charge in [0.15, 0.2) is 0 Å². The van der Waals surface area contributed by atoms with Crippen molar-refractivity contribution in [2.45, 2.75) is 64.7 Å². The van der Waals surface area contributed by atoms with Crippen molar-refractivity contribution in [2.24, 2.45) is 11.8 Å². The summed E-state index contributed by atoms with van der Waals surface area (Å²) in [5.74, 6) is -2.68. The fourth-order valence-corrected chi connectivity index (χ4v) is 12.1. The molecule has 0 aliphatic heterocycles. The number of carboxylic acid groups (broad SMARTS) is 2. The molecule has 0 heterocycles. The molecule has 0 saturated heterocycles. The van der Waals surface area contributed by atoms with Gasteiger partial charge in [0, 0.05) is 34.0 Å². The first-order valence-corrected chi connectivity index (χ1v) is 19.6. The second kappa shape index (κ2) is 16.6. The third-order valence-electron chi connectivity index (χ3n) is 8.74. The molecule has 2 N–H and O–H groups in total. The van der Waals surface area contributed by atoms with Crippen LogP contribution in [0.4, 0.5) is 0 Å². The molecular weight excluding hydrogens is 701 g/mol. The summed E-state index contributed by atoms with van der Waals surface area (Å²) in [7, 11) is -7.25. The van der Waals surface area contributed by atoms with Gasteiger partial charge in [-0.3, -0.25) is 9.13 Å². The number of aliphatic carboxylic acids is 2. The molecule has 0 fully saturated rings. The number of allylic oxidation sites excluding steroid dienone is 2. The molecule has 0 amide bonds. The Morgan fingerprint density at radius 3 is 1.12 bits per heavy atom. The monoisotopic (exact) mass is 744 g/mol. The molecule has 0 unspecified atom stereocenters. The van der Waals surface area contributed by atoms with Crippen molar-refractivity contribution in [3.05, 3.63) is 93.0 Å². The summed E-state index contributed by atoms with van der Waals surface area (Å²) < 4.78 is 49.9. The molecule has 10 nitrogen and oxygen atoms in total. The van der Waals surface area contributed by atoms with E-state index in [0.29, 0.717) is 21.2 Å². The highest BCUT2D eigenvalue weighted by molar-refractivity contribution is 7.55. The van der Waals surface area contributed by atoms with E-state index in [2.05, 4.69) is 0 Å². The summed E-state index contributed by atoms with van der Waals surface area (Å²) in [4.78, 5) is 23.0. The van der Waals surface area contributed by atoms with Gasteiger partial charge >= 0.3 is 27.1 Å². The Morgan fingerprint density at radius 1 is 0.646 bits per heavy atom. The lowest BCUT2D eigenvalue weighted by Crippen LogP contribution is -2.32. The van der Waals surface area contributed by atoms with Crippen LogP contribution in [0, 0.1) is 11.8 Å². The maximum atomic E-state index is 13.7. The molecule has 2 aliphatic rings. The summed E-state index contributed by atoms with van der Waals surface area (Å²) in [6.07, 6.45) is 3.45. The third kappa shape index (κ3) is 7.72. The first kappa shape index (κ1) is 40.2. The van der Waals surface area contributed by atoms with E-state index in [0.717, 1.165) is 0 Å². The Labute approximate surface area is 292 Å². The largest absolute Gasteiger partial charge is 0.478 e. The Hall–Kier alpha value is -2.26. The number of benzene rings is 2. The molecule has 0 saturated carbocycles. The topological polar surface area (TPSA) is 146 Å².